The first kappa shape index (κ1) is 11.8. The van der Waals surface area contributed by atoms with Crippen molar-refractivity contribution in [1.29, 1.82) is 0 Å². The average molecular weight is 189 g/mol. The van der Waals surface area contributed by atoms with E-state index in [1.807, 2.05) is 11.8 Å². The number of hydrogen-bond donors (Lipinski definition) is 1. The fraction of sp³-hybridized carbons (Fsp3) is 0.778. The number of nitrogens with one attached hydrogen (secondary N) is 1. The first-order valence-corrected chi connectivity index (χ1v) is 5.73. The van der Waals surface area contributed by atoms with Crippen LogP contribution in [0.1, 0.15) is 12.8 Å². The summed E-state index contributed by atoms with van der Waals surface area (Å²) in [5, 5.41) is 3.35. The molecule has 0 saturated carbocycles. The Morgan fingerprint density at radius 1 is 1.42 bits per heavy atom. The lowest BCUT2D eigenvalue weighted by Gasteiger charge is -2.03. The van der Waals surface area contributed by atoms with E-state index in [0.717, 1.165) is 26.1 Å². The van der Waals surface area contributed by atoms with E-state index < -0.39 is 0 Å². The Kier molecular flexibility index (Phi) is 10.7. The molecule has 72 valence electrons. The number of hydrogen-bond acceptors (Lipinski definition) is 3. The molecule has 0 fully saturated rings. The standard InChI is InChI=1S/C9H19NOS/c1-3-11-8-4-6-10-7-5-9-12-2/h3,10H,1,4-9H2,2H3. The van der Waals surface area contributed by atoms with Crippen LogP contribution in [0.15, 0.2) is 12.8 Å². The first-order valence-electron chi connectivity index (χ1n) is 4.34. The van der Waals surface area contributed by atoms with Crippen LogP contribution < -0.4 is 5.32 Å². The van der Waals surface area contributed by atoms with Gasteiger partial charge in [0.05, 0.1) is 12.9 Å². The summed E-state index contributed by atoms with van der Waals surface area (Å²) in [5.41, 5.74) is 0. The number of thioether (sulfide) groups is 1. The van der Waals surface area contributed by atoms with Crippen LogP contribution in [0, 0.1) is 0 Å². The van der Waals surface area contributed by atoms with Crippen molar-refractivity contribution in [3.05, 3.63) is 12.8 Å². The minimum absolute atomic E-state index is 0.777. The average Bonchev–Trinajstić information content (AvgIpc) is 2.10. The number of rotatable bonds is 9. The van der Waals surface area contributed by atoms with E-state index >= 15 is 0 Å². The predicted molar refractivity (Wildman–Crippen MR) is 56.6 cm³/mol. The van der Waals surface area contributed by atoms with Crippen molar-refractivity contribution < 1.29 is 4.74 Å². The summed E-state index contributed by atoms with van der Waals surface area (Å²) in [6, 6.07) is 0. The maximum Gasteiger partial charge on any atom is 0.0885 e. The summed E-state index contributed by atoms with van der Waals surface area (Å²) in [6.07, 6.45) is 5.94. The van der Waals surface area contributed by atoms with Gasteiger partial charge < -0.3 is 10.1 Å². The Bertz CT molecular complexity index is 98.5. The molecule has 0 heterocycles. The van der Waals surface area contributed by atoms with Crippen molar-refractivity contribution in [2.24, 2.45) is 0 Å². The second-order valence-corrected chi connectivity index (χ2v) is 3.47. The minimum atomic E-state index is 0.777. The van der Waals surface area contributed by atoms with Gasteiger partial charge in [0, 0.05) is 0 Å². The van der Waals surface area contributed by atoms with Gasteiger partial charge in [0.2, 0.25) is 0 Å². The molecule has 0 aliphatic rings. The van der Waals surface area contributed by atoms with Crippen LogP contribution in [0.3, 0.4) is 0 Å². The second-order valence-electron chi connectivity index (χ2n) is 2.49. The largest absolute Gasteiger partial charge is 0.502 e. The van der Waals surface area contributed by atoms with E-state index in [2.05, 4.69) is 18.2 Å². The van der Waals surface area contributed by atoms with E-state index in [9.17, 15) is 0 Å². The molecular formula is C9H19NOS. The zero-order chi connectivity index (χ0) is 9.07. The maximum absolute atomic E-state index is 4.98. The molecule has 0 atom stereocenters. The minimum Gasteiger partial charge on any atom is -0.502 e. The summed E-state index contributed by atoms with van der Waals surface area (Å²) in [6.45, 7) is 6.41. The normalized spacial score (nSPS) is 9.75. The van der Waals surface area contributed by atoms with Gasteiger partial charge in [0.1, 0.15) is 0 Å². The molecule has 12 heavy (non-hydrogen) atoms. The van der Waals surface area contributed by atoms with Crippen LogP contribution in [0.25, 0.3) is 0 Å². The fourth-order valence-electron chi connectivity index (χ4n) is 0.830. The summed E-state index contributed by atoms with van der Waals surface area (Å²) < 4.78 is 4.98. The van der Waals surface area contributed by atoms with Crippen molar-refractivity contribution >= 4 is 11.8 Å². The molecular weight excluding hydrogens is 170 g/mol. The third-order valence-electron chi connectivity index (χ3n) is 1.44. The Morgan fingerprint density at radius 3 is 2.83 bits per heavy atom. The van der Waals surface area contributed by atoms with Gasteiger partial charge in [-0.1, -0.05) is 6.58 Å². The van der Waals surface area contributed by atoms with Crippen molar-refractivity contribution in [2.75, 3.05) is 31.7 Å². The van der Waals surface area contributed by atoms with Gasteiger partial charge in [0.25, 0.3) is 0 Å². The highest BCUT2D eigenvalue weighted by Crippen LogP contribution is 1.93. The highest BCUT2D eigenvalue weighted by atomic mass is 32.2. The molecule has 0 unspecified atom stereocenters. The molecule has 0 saturated heterocycles. The third kappa shape index (κ3) is 9.85. The summed E-state index contributed by atoms with van der Waals surface area (Å²) in [5.74, 6) is 1.25. The Morgan fingerprint density at radius 2 is 2.17 bits per heavy atom. The SMILES string of the molecule is C=COCCCNCCCSC. The smallest absolute Gasteiger partial charge is 0.0885 e. The van der Waals surface area contributed by atoms with Crippen LogP contribution >= 0.6 is 11.8 Å². The van der Waals surface area contributed by atoms with Crippen molar-refractivity contribution in [3.8, 4) is 0 Å². The fourth-order valence-corrected chi connectivity index (χ4v) is 1.26. The lowest BCUT2D eigenvalue weighted by atomic mass is 10.4. The topological polar surface area (TPSA) is 21.3 Å². The highest BCUT2D eigenvalue weighted by molar-refractivity contribution is 7.98. The third-order valence-corrected chi connectivity index (χ3v) is 2.13. The Labute approximate surface area is 79.8 Å². The Balaban J connectivity index is 2.77. The van der Waals surface area contributed by atoms with Gasteiger partial charge in [-0.3, -0.25) is 0 Å². The first-order chi connectivity index (χ1) is 5.91. The van der Waals surface area contributed by atoms with Crippen LogP contribution in [0.4, 0.5) is 0 Å². The van der Waals surface area contributed by atoms with Gasteiger partial charge in [-0.2, -0.15) is 11.8 Å². The van der Waals surface area contributed by atoms with E-state index in [4.69, 9.17) is 4.74 Å². The van der Waals surface area contributed by atoms with Crippen molar-refractivity contribution in [3.63, 3.8) is 0 Å². The van der Waals surface area contributed by atoms with Gasteiger partial charge in [-0.25, -0.2) is 0 Å². The lowest BCUT2D eigenvalue weighted by molar-refractivity contribution is 0.245. The van der Waals surface area contributed by atoms with Crippen molar-refractivity contribution in [1.82, 2.24) is 5.32 Å². The zero-order valence-corrected chi connectivity index (χ0v) is 8.66. The molecule has 0 amide bonds. The molecule has 3 heteroatoms. The predicted octanol–water partition coefficient (Wildman–Crippen LogP) is 1.88. The quantitative estimate of drug-likeness (QED) is 0.442. The molecule has 0 spiro atoms. The summed E-state index contributed by atoms with van der Waals surface area (Å²) >= 11 is 1.90. The molecule has 0 aliphatic carbocycles. The molecule has 2 nitrogen and oxygen atoms in total. The molecule has 0 bridgehead atoms. The molecule has 1 N–H and O–H groups in total. The maximum atomic E-state index is 4.98. The van der Waals surface area contributed by atoms with Gasteiger partial charge in [-0.15, -0.1) is 0 Å². The highest BCUT2D eigenvalue weighted by Gasteiger charge is 1.87. The monoisotopic (exact) mass is 189 g/mol. The molecule has 0 radical (unpaired) electrons. The Hall–Kier alpha value is -0.150. The molecule has 0 rings (SSSR count). The van der Waals surface area contributed by atoms with E-state index in [0.29, 0.717) is 0 Å². The molecule has 0 aromatic heterocycles. The number of ether oxygens (including phenoxy) is 1. The second kappa shape index (κ2) is 10.8. The molecule has 0 aromatic carbocycles. The molecule has 0 aliphatic heterocycles. The van der Waals surface area contributed by atoms with Crippen LogP contribution in [-0.4, -0.2) is 31.7 Å². The van der Waals surface area contributed by atoms with Crippen molar-refractivity contribution in [2.45, 2.75) is 12.8 Å². The molecule has 0 aromatic rings. The van der Waals surface area contributed by atoms with E-state index in [1.54, 1.807) is 0 Å². The van der Waals surface area contributed by atoms with Gasteiger partial charge >= 0.3 is 0 Å². The van der Waals surface area contributed by atoms with Gasteiger partial charge in [-0.05, 0) is 37.9 Å². The van der Waals surface area contributed by atoms with Gasteiger partial charge in [0.15, 0.2) is 0 Å². The van der Waals surface area contributed by atoms with E-state index in [1.165, 1.54) is 18.4 Å². The summed E-state index contributed by atoms with van der Waals surface area (Å²) in [7, 11) is 0. The summed E-state index contributed by atoms with van der Waals surface area (Å²) in [4.78, 5) is 0. The van der Waals surface area contributed by atoms with Crippen LogP contribution in [-0.2, 0) is 4.74 Å². The van der Waals surface area contributed by atoms with E-state index in [-0.39, 0.29) is 0 Å². The van der Waals surface area contributed by atoms with Crippen LogP contribution in [0.5, 0.6) is 0 Å². The van der Waals surface area contributed by atoms with Crippen LogP contribution in [0.2, 0.25) is 0 Å². The zero-order valence-electron chi connectivity index (χ0n) is 7.84. The lowest BCUT2D eigenvalue weighted by Crippen LogP contribution is -2.18.